The molecule has 0 unspecified atom stereocenters. The molecule has 2 atom stereocenters. The monoisotopic (exact) mass is 329 g/mol. The van der Waals surface area contributed by atoms with Gasteiger partial charge in [0, 0.05) is 11.6 Å². The van der Waals surface area contributed by atoms with E-state index in [-0.39, 0.29) is 19.6 Å². The molecule has 0 heterocycles. The molecule has 0 fully saturated rings. The zero-order valence-corrected chi connectivity index (χ0v) is 13.1. The van der Waals surface area contributed by atoms with Crippen LogP contribution < -0.4 is 10.1 Å². The van der Waals surface area contributed by atoms with Crippen molar-refractivity contribution in [1.82, 2.24) is 0 Å². The number of methoxy groups -OCH3 is 1. The van der Waals surface area contributed by atoms with E-state index in [1.54, 1.807) is 24.3 Å². The second kappa shape index (κ2) is 9.25. The van der Waals surface area contributed by atoms with Gasteiger partial charge < -0.3 is 14.8 Å². The van der Waals surface area contributed by atoms with Crippen molar-refractivity contribution in [2.45, 2.75) is 18.6 Å². The summed E-state index contributed by atoms with van der Waals surface area (Å²) < 4.78 is 50.5. The number of hydrogen-bond donors (Lipinski definition) is 1. The topological polar surface area (TPSA) is 30.5 Å². The van der Waals surface area contributed by atoms with Gasteiger partial charge in [-0.1, -0.05) is 12.2 Å². The van der Waals surface area contributed by atoms with E-state index in [1.807, 2.05) is 0 Å². The van der Waals surface area contributed by atoms with Crippen LogP contribution in [0.1, 0.15) is 6.42 Å². The van der Waals surface area contributed by atoms with Crippen molar-refractivity contribution in [3.8, 4) is 5.75 Å². The molecule has 6 heteroatoms. The average molecular weight is 329 g/mol. The van der Waals surface area contributed by atoms with Crippen LogP contribution in [0.3, 0.4) is 0 Å². The second-order valence-corrected chi connectivity index (χ2v) is 5.00. The molecule has 0 aromatic heterocycles. The average Bonchev–Trinajstić information content (AvgIpc) is 2.51. The van der Waals surface area contributed by atoms with Crippen molar-refractivity contribution < 1.29 is 22.6 Å². The summed E-state index contributed by atoms with van der Waals surface area (Å²) in [4.78, 5) is 0. The molecule has 0 spiro atoms. The van der Waals surface area contributed by atoms with E-state index in [1.165, 1.54) is 19.3 Å². The molecule has 0 amide bonds. The molecular formula is C17H22F3NO2. The summed E-state index contributed by atoms with van der Waals surface area (Å²) in [5, 5.41) is 2.55. The number of ether oxygens (including phenoxy) is 2. The van der Waals surface area contributed by atoms with Gasteiger partial charge in [-0.3, -0.25) is 0 Å². The molecule has 0 aliphatic heterocycles. The highest BCUT2D eigenvalue weighted by Crippen LogP contribution is 2.31. The number of halogens is 3. The third-order valence-corrected chi connectivity index (χ3v) is 3.27. The highest BCUT2D eigenvalue weighted by atomic mass is 19.4. The number of alkyl halides is 3. The summed E-state index contributed by atoms with van der Waals surface area (Å²) in [5.41, 5.74) is 0.367. The maximum atomic E-state index is 13.4. The van der Waals surface area contributed by atoms with Crippen molar-refractivity contribution in [1.29, 1.82) is 0 Å². The van der Waals surface area contributed by atoms with E-state index < -0.39 is 18.1 Å². The number of nitrogens with one attached hydrogen (secondary N) is 1. The zero-order valence-electron chi connectivity index (χ0n) is 13.1. The number of rotatable bonds is 10. The lowest BCUT2D eigenvalue weighted by Gasteiger charge is -2.30. The maximum absolute atomic E-state index is 13.4. The smallest absolute Gasteiger partial charge is 0.408 e. The van der Waals surface area contributed by atoms with Crippen LogP contribution in [-0.4, -0.2) is 32.5 Å². The Morgan fingerprint density at radius 2 is 1.83 bits per heavy atom. The Morgan fingerprint density at radius 1 is 1.17 bits per heavy atom. The first-order valence-corrected chi connectivity index (χ1v) is 7.19. The summed E-state index contributed by atoms with van der Waals surface area (Å²) in [6, 6.07) is 4.57. The second-order valence-electron chi connectivity index (χ2n) is 5.00. The van der Waals surface area contributed by atoms with Crippen molar-refractivity contribution in [2.75, 3.05) is 25.6 Å². The first-order chi connectivity index (χ1) is 10.9. The van der Waals surface area contributed by atoms with E-state index >= 15 is 0 Å². The fourth-order valence-corrected chi connectivity index (χ4v) is 2.15. The van der Waals surface area contributed by atoms with E-state index in [4.69, 9.17) is 9.47 Å². The van der Waals surface area contributed by atoms with Crippen LogP contribution in [0.25, 0.3) is 0 Å². The van der Waals surface area contributed by atoms with Gasteiger partial charge >= 0.3 is 6.18 Å². The zero-order chi connectivity index (χ0) is 17.3. The molecular weight excluding hydrogens is 307 g/mol. The Hall–Kier alpha value is -1.95. The van der Waals surface area contributed by atoms with Crippen LogP contribution in [-0.2, 0) is 4.74 Å². The minimum absolute atomic E-state index is 0.0363. The molecule has 1 aromatic rings. The van der Waals surface area contributed by atoms with Gasteiger partial charge in [-0.25, -0.2) is 0 Å². The van der Waals surface area contributed by atoms with E-state index in [0.29, 0.717) is 11.4 Å². The summed E-state index contributed by atoms with van der Waals surface area (Å²) in [6.07, 6.45) is -1.25. The van der Waals surface area contributed by atoms with Gasteiger partial charge in [0.25, 0.3) is 0 Å². The van der Waals surface area contributed by atoms with Gasteiger partial charge in [-0.05, 0) is 30.7 Å². The molecule has 1 N–H and O–H groups in total. The SMILES string of the molecule is C=CCOC[C@@H](CC=C)[C@H](Nc1ccc(OC)cc1)C(F)(F)F. The lowest BCUT2D eigenvalue weighted by molar-refractivity contribution is -0.157. The van der Waals surface area contributed by atoms with Crippen LogP contribution in [0.15, 0.2) is 49.6 Å². The molecule has 0 bridgehead atoms. The van der Waals surface area contributed by atoms with Crippen molar-refractivity contribution in [3.05, 3.63) is 49.6 Å². The third kappa shape index (κ3) is 6.36. The fraction of sp³-hybridized carbons (Fsp3) is 0.412. The standard InChI is InChI=1S/C17H22F3NO2/c1-4-6-13(12-23-11-5-2)16(17(18,19)20)21-14-7-9-15(22-3)10-8-14/h4-5,7-10,13,16,21H,1-2,6,11-12H2,3H3/t13-,16+/m1/s1. The Kier molecular flexibility index (Phi) is 7.68. The summed E-state index contributed by atoms with van der Waals surface area (Å²) in [7, 11) is 1.50. The molecule has 0 saturated heterocycles. The van der Waals surface area contributed by atoms with Crippen molar-refractivity contribution >= 4 is 5.69 Å². The number of hydrogen-bond acceptors (Lipinski definition) is 3. The van der Waals surface area contributed by atoms with Gasteiger partial charge in [0.15, 0.2) is 0 Å². The molecule has 0 aliphatic carbocycles. The lowest BCUT2D eigenvalue weighted by Crippen LogP contribution is -2.44. The van der Waals surface area contributed by atoms with Crippen LogP contribution >= 0.6 is 0 Å². The first kappa shape index (κ1) is 19.1. The van der Waals surface area contributed by atoms with E-state index in [0.717, 1.165) is 0 Å². The largest absolute Gasteiger partial charge is 0.497 e. The summed E-state index contributed by atoms with van der Waals surface area (Å²) in [6.45, 7) is 7.19. The predicted molar refractivity (Wildman–Crippen MR) is 85.8 cm³/mol. The Labute approximate surface area is 134 Å². The summed E-state index contributed by atoms with van der Waals surface area (Å²) >= 11 is 0. The van der Waals surface area contributed by atoms with Gasteiger partial charge in [0.05, 0.1) is 20.3 Å². The Morgan fingerprint density at radius 3 is 2.30 bits per heavy atom. The van der Waals surface area contributed by atoms with Gasteiger partial charge in [-0.2, -0.15) is 13.2 Å². The molecule has 3 nitrogen and oxygen atoms in total. The first-order valence-electron chi connectivity index (χ1n) is 7.19. The number of anilines is 1. The van der Waals surface area contributed by atoms with Crippen molar-refractivity contribution in [2.24, 2.45) is 5.92 Å². The van der Waals surface area contributed by atoms with Gasteiger partial charge in [0.1, 0.15) is 11.8 Å². The molecule has 1 aromatic carbocycles. The van der Waals surface area contributed by atoms with Gasteiger partial charge in [-0.15, -0.1) is 13.2 Å². The molecule has 0 radical (unpaired) electrons. The molecule has 0 saturated carbocycles. The Bertz CT molecular complexity index is 486. The minimum Gasteiger partial charge on any atom is -0.497 e. The highest BCUT2D eigenvalue weighted by Gasteiger charge is 2.44. The van der Waals surface area contributed by atoms with Crippen LogP contribution in [0.2, 0.25) is 0 Å². The minimum atomic E-state index is -4.41. The van der Waals surface area contributed by atoms with E-state index in [2.05, 4.69) is 18.5 Å². The Balaban J connectivity index is 2.90. The molecule has 23 heavy (non-hydrogen) atoms. The normalized spacial score (nSPS) is 13.9. The van der Waals surface area contributed by atoms with Crippen LogP contribution in [0, 0.1) is 5.92 Å². The fourth-order valence-electron chi connectivity index (χ4n) is 2.15. The third-order valence-electron chi connectivity index (χ3n) is 3.27. The predicted octanol–water partition coefficient (Wildman–Crippen LogP) is 4.43. The summed E-state index contributed by atoms with van der Waals surface area (Å²) in [5.74, 6) is -0.203. The quantitative estimate of drug-likeness (QED) is 0.509. The number of allylic oxidation sites excluding steroid dienone is 1. The van der Waals surface area contributed by atoms with Crippen LogP contribution in [0.4, 0.5) is 18.9 Å². The maximum Gasteiger partial charge on any atom is 0.408 e. The number of benzene rings is 1. The van der Waals surface area contributed by atoms with Crippen LogP contribution in [0.5, 0.6) is 5.75 Å². The van der Waals surface area contributed by atoms with Gasteiger partial charge in [0.2, 0.25) is 0 Å². The van der Waals surface area contributed by atoms with E-state index in [9.17, 15) is 13.2 Å². The molecule has 1 rings (SSSR count). The van der Waals surface area contributed by atoms with Crippen molar-refractivity contribution in [3.63, 3.8) is 0 Å². The molecule has 0 aliphatic rings. The lowest BCUT2D eigenvalue weighted by atomic mass is 9.96. The molecule has 128 valence electrons. The highest BCUT2D eigenvalue weighted by molar-refractivity contribution is 5.47.